The maximum absolute atomic E-state index is 12.0. The zero-order chi connectivity index (χ0) is 8.69. The van der Waals surface area contributed by atoms with Crippen molar-refractivity contribution in [3.8, 4) is 0 Å². The van der Waals surface area contributed by atoms with Crippen molar-refractivity contribution in [2.75, 3.05) is 13.8 Å². The molecule has 0 aliphatic heterocycles. The third-order valence-corrected chi connectivity index (χ3v) is 1.14. The molecular formula is C7H12FNO2. The maximum atomic E-state index is 12.0. The summed E-state index contributed by atoms with van der Waals surface area (Å²) in [4.78, 5) is 10.5. The molecule has 0 aromatic rings. The second-order valence-electron chi connectivity index (χ2n) is 2.01. The van der Waals surface area contributed by atoms with Gasteiger partial charge in [-0.15, -0.1) is 6.58 Å². The van der Waals surface area contributed by atoms with E-state index in [9.17, 15) is 9.18 Å². The molecule has 0 aromatic carbocycles. The number of alkyl carbamates (subject to hydrolysis) is 1. The lowest BCUT2D eigenvalue weighted by atomic mass is 10.2. The Bertz CT molecular complexity index is 138. The molecule has 0 radical (unpaired) electrons. The standard InChI is InChI=1S/C7H12FNO2/c1-3-4-6(5-8)9-7(10)11-2/h3,6H,1,4-5H2,2H3,(H,9,10). The summed E-state index contributed by atoms with van der Waals surface area (Å²) in [5.74, 6) is 0. The topological polar surface area (TPSA) is 38.3 Å². The molecule has 0 heterocycles. The van der Waals surface area contributed by atoms with E-state index in [2.05, 4.69) is 16.6 Å². The van der Waals surface area contributed by atoms with E-state index < -0.39 is 18.8 Å². The Morgan fingerprint density at radius 3 is 2.91 bits per heavy atom. The van der Waals surface area contributed by atoms with Crippen molar-refractivity contribution in [3.63, 3.8) is 0 Å². The van der Waals surface area contributed by atoms with Crippen LogP contribution in [0.5, 0.6) is 0 Å². The molecule has 0 aliphatic carbocycles. The molecule has 1 amide bonds. The van der Waals surface area contributed by atoms with Gasteiger partial charge < -0.3 is 10.1 Å². The third-order valence-electron chi connectivity index (χ3n) is 1.14. The van der Waals surface area contributed by atoms with Crippen LogP contribution in [0.3, 0.4) is 0 Å². The Kier molecular flexibility index (Phi) is 5.15. The van der Waals surface area contributed by atoms with Crippen LogP contribution in [0.25, 0.3) is 0 Å². The first-order chi connectivity index (χ1) is 5.24. The van der Waals surface area contributed by atoms with E-state index in [1.165, 1.54) is 7.11 Å². The minimum absolute atomic E-state index is 0.408. The average molecular weight is 161 g/mol. The van der Waals surface area contributed by atoms with Gasteiger partial charge in [-0.3, -0.25) is 0 Å². The van der Waals surface area contributed by atoms with Crippen LogP contribution in [0.4, 0.5) is 9.18 Å². The largest absolute Gasteiger partial charge is 0.453 e. The van der Waals surface area contributed by atoms with Gasteiger partial charge in [-0.25, -0.2) is 9.18 Å². The number of methoxy groups -OCH3 is 1. The first kappa shape index (κ1) is 9.94. The quantitative estimate of drug-likeness (QED) is 0.630. The molecule has 1 unspecified atom stereocenters. The fraction of sp³-hybridized carbons (Fsp3) is 0.571. The highest BCUT2D eigenvalue weighted by molar-refractivity contribution is 5.67. The molecule has 0 aromatic heterocycles. The van der Waals surface area contributed by atoms with Gasteiger partial charge in [-0.1, -0.05) is 6.08 Å². The number of carbonyl (C=O) groups is 1. The predicted molar refractivity (Wildman–Crippen MR) is 40.1 cm³/mol. The van der Waals surface area contributed by atoms with E-state index in [0.717, 1.165) is 0 Å². The van der Waals surface area contributed by atoms with Crippen LogP contribution < -0.4 is 5.32 Å². The van der Waals surface area contributed by atoms with Crippen LogP contribution in [0.2, 0.25) is 0 Å². The fourth-order valence-electron chi connectivity index (χ4n) is 0.587. The number of nitrogens with one attached hydrogen (secondary N) is 1. The summed E-state index contributed by atoms with van der Waals surface area (Å²) in [6.45, 7) is 2.81. The first-order valence-electron chi connectivity index (χ1n) is 3.26. The summed E-state index contributed by atoms with van der Waals surface area (Å²) in [6.07, 6.45) is 1.33. The highest BCUT2D eigenvalue weighted by atomic mass is 19.1. The summed E-state index contributed by atoms with van der Waals surface area (Å²) in [5.41, 5.74) is 0. The van der Waals surface area contributed by atoms with Gasteiger partial charge in [0.1, 0.15) is 6.67 Å². The minimum atomic E-state index is -0.616. The Hall–Kier alpha value is -1.06. The number of carbonyl (C=O) groups excluding carboxylic acids is 1. The lowest BCUT2D eigenvalue weighted by Gasteiger charge is -2.11. The summed E-state index contributed by atoms with van der Waals surface area (Å²) >= 11 is 0. The van der Waals surface area contributed by atoms with Gasteiger partial charge in [-0.05, 0) is 6.42 Å². The number of hydrogen-bond donors (Lipinski definition) is 1. The molecule has 1 atom stereocenters. The molecular weight excluding hydrogens is 149 g/mol. The molecule has 4 heteroatoms. The fourth-order valence-corrected chi connectivity index (χ4v) is 0.587. The van der Waals surface area contributed by atoms with Crippen molar-refractivity contribution < 1.29 is 13.9 Å². The van der Waals surface area contributed by atoms with E-state index in [1.54, 1.807) is 6.08 Å². The van der Waals surface area contributed by atoms with Gasteiger partial charge in [0.25, 0.3) is 0 Å². The normalized spacial score (nSPS) is 11.8. The first-order valence-corrected chi connectivity index (χ1v) is 3.26. The number of halogens is 1. The van der Waals surface area contributed by atoms with Crippen molar-refractivity contribution in [2.24, 2.45) is 0 Å². The molecule has 0 fully saturated rings. The average Bonchev–Trinajstić information content (AvgIpc) is 2.03. The smallest absolute Gasteiger partial charge is 0.407 e. The summed E-state index contributed by atoms with van der Waals surface area (Å²) in [7, 11) is 1.23. The van der Waals surface area contributed by atoms with E-state index in [0.29, 0.717) is 6.42 Å². The van der Waals surface area contributed by atoms with Gasteiger partial charge in [0.05, 0.1) is 13.2 Å². The number of rotatable bonds is 4. The number of hydrogen-bond acceptors (Lipinski definition) is 2. The molecule has 0 saturated heterocycles. The highest BCUT2D eigenvalue weighted by Gasteiger charge is 2.09. The Balaban J connectivity index is 3.67. The van der Waals surface area contributed by atoms with Crippen molar-refractivity contribution in [1.82, 2.24) is 5.32 Å². The monoisotopic (exact) mass is 161 g/mol. The van der Waals surface area contributed by atoms with Crippen molar-refractivity contribution >= 4 is 6.09 Å². The van der Waals surface area contributed by atoms with Crippen LogP contribution in [0.15, 0.2) is 12.7 Å². The van der Waals surface area contributed by atoms with Gasteiger partial charge in [-0.2, -0.15) is 0 Å². The van der Waals surface area contributed by atoms with Crippen LogP contribution in [0.1, 0.15) is 6.42 Å². The van der Waals surface area contributed by atoms with E-state index in [1.807, 2.05) is 0 Å². The third kappa shape index (κ3) is 4.36. The molecule has 1 N–H and O–H groups in total. The van der Waals surface area contributed by atoms with Gasteiger partial charge in [0, 0.05) is 0 Å². The van der Waals surface area contributed by atoms with Crippen LogP contribution in [-0.4, -0.2) is 25.9 Å². The van der Waals surface area contributed by atoms with Crippen LogP contribution >= 0.6 is 0 Å². The maximum Gasteiger partial charge on any atom is 0.407 e. The van der Waals surface area contributed by atoms with E-state index in [4.69, 9.17) is 0 Å². The van der Waals surface area contributed by atoms with Crippen LogP contribution in [0, 0.1) is 0 Å². The van der Waals surface area contributed by atoms with Crippen molar-refractivity contribution in [3.05, 3.63) is 12.7 Å². The SMILES string of the molecule is C=CCC(CF)NC(=O)OC. The number of amides is 1. The molecule has 64 valence electrons. The molecule has 0 aliphatic rings. The van der Waals surface area contributed by atoms with Gasteiger partial charge in [0.2, 0.25) is 0 Å². The number of alkyl halides is 1. The Morgan fingerprint density at radius 2 is 2.55 bits per heavy atom. The molecule has 0 spiro atoms. The zero-order valence-electron chi connectivity index (χ0n) is 6.47. The van der Waals surface area contributed by atoms with E-state index in [-0.39, 0.29) is 0 Å². The Labute approximate surface area is 65.2 Å². The van der Waals surface area contributed by atoms with Crippen molar-refractivity contribution in [1.29, 1.82) is 0 Å². The summed E-state index contributed by atoms with van der Waals surface area (Å²) < 4.78 is 16.3. The molecule has 3 nitrogen and oxygen atoms in total. The van der Waals surface area contributed by atoms with Gasteiger partial charge >= 0.3 is 6.09 Å². The highest BCUT2D eigenvalue weighted by Crippen LogP contribution is 1.93. The molecule has 0 rings (SSSR count). The lowest BCUT2D eigenvalue weighted by molar-refractivity contribution is 0.164. The predicted octanol–water partition coefficient (Wildman–Crippen LogP) is 1.26. The second-order valence-corrected chi connectivity index (χ2v) is 2.01. The zero-order valence-corrected chi connectivity index (χ0v) is 6.47. The molecule has 0 saturated carbocycles. The van der Waals surface area contributed by atoms with Crippen LogP contribution in [-0.2, 0) is 4.74 Å². The van der Waals surface area contributed by atoms with Gasteiger partial charge in [0.15, 0.2) is 0 Å². The lowest BCUT2D eigenvalue weighted by Crippen LogP contribution is -2.35. The molecule has 0 bridgehead atoms. The Morgan fingerprint density at radius 1 is 1.91 bits per heavy atom. The minimum Gasteiger partial charge on any atom is -0.453 e. The second kappa shape index (κ2) is 5.70. The summed E-state index contributed by atoms with van der Waals surface area (Å²) in [5, 5.41) is 2.31. The number of ether oxygens (including phenoxy) is 1. The van der Waals surface area contributed by atoms with E-state index >= 15 is 0 Å². The molecule has 11 heavy (non-hydrogen) atoms. The summed E-state index contributed by atoms with van der Waals surface area (Å²) in [6, 6.07) is -0.514. The van der Waals surface area contributed by atoms with Crippen molar-refractivity contribution in [2.45, 2.75) is 12.5 Å².